The molecule has 2 rings (SSSR count). The van der Waals surface area contributed by atoms with Crippen molar-refractivity contribution in [3.8, 4) is 0 Å². The third-order valence-electron chi connectivity index (χ3n) is 3.51. The lowest BCUT2D eigenvalue weighted by Crippen LogP contribution is -2.19. The van der Waals surface area contributed by atoms with Crippen LogP contribution in [0, 0.1) is 0 Å². The van der Waals surface area contributed by atoms with Crippen LogP contribution in [0.5, 0.6) is 0 Å². The van der Waals surface area contributed by atoms with Crippen LogP contribution in [0.15, 0.2) is 5.16 Å². The molecule has 1 aliphatic carbocycles. The molecule has 20 heavy (non-hydrogen) atoms. The Morgan fingerprint density at radius 2 is 2.20 bits per heavy atom. The van der Waals surface area contributed by atoms with E-state index in [1.54, 1.807) is 0 Å². The lowest BCUT2D eigenvalue weighted by molar-refractivity contribution is -0.133. The summed E-state index contributed by atoms with van der Waals surface area (Å²) in [5.74, 6) is 1.32. The van der Waals surface area contributed by atoms with Gasteiger partial charge in [0.25, 0.3) is 0 Å². The van der Waals surface area contributed by atoms with E-state index in [2.05, 4.69) is 28.6 Å². The van der Waals surface area contributed by atoms with Crippen molar-refractivity contribution in [3.63, 3.8) is 0 Å². The Bertz CT molecular complexity index is 464. The van der Waals surface area contributed by atoms with Gasteiger partial charge >= 0.3 is 5.97 Å². The highest BCUT2D eigenvalue weighted by molar-refractivity contribution is 8.00. The molecule has 0 spiro atoms. The van der Waals surface area contributed by atoms with Crippen LogP contribution in [-0.4, -0.2) is 42.6 Å². The quantitative estimate of drug-likeness (QED) is 0.780. The zero-order valence-corrected chi connectivity index (χ0v) is 13.5. The molecule has 7 heteroatoms. The van der Waals surface area contributed by atoms with Crippen molar-refractivity contribution < 1.29 is 9.90 Å². The van der Waals surface area contributed by atoms with Crippen molar-refractivity contribution in [1.29, 1.82) is 0 Å². The third kappa shape index (κ3) is 3.49. The molecule has 1 aromatic heterocycles. The SMILES string of the molecule is CCSC1CCCC1n1c(CC)nnc1SCC(=O)O. The van der Waals surface area contributed by atoms with E-state index in [1.807, 2.05) is 11.8 Å². The van der Waals surface area contributed by atoms with Gasteiger partial charge in [-0.25, -0.2) is 0 Å². The number of thioether (sulfide) groups is 2. The molecule has 1 aliphatic rings. The molecular weight excluding hydrogens is 294 g/mol. The zero-order valence-electron chi connectivity index (χ0n) is 11.9. The van der Waals surface area contributed by atoms with Crippen LogP contribution in [0.4, 0.5) is 0 Å². The highest BCUT2D eigenvalue weighted by Gasteiger charge is 2.32. The minimum absolute atomic E-state index is 0.0418. The van der Waals surface area contributed by atoms with Crippen LogP contribution in [0.25, 0.3) is 0 Å². The second-order valence-electron chi connectivity index (χ2n) is 4.80. The number of hydrogen-bond acceptors (Lipinski definition) is 5. The molecule has 0 bridgehead atoms. The molecule has 2 unspecified atom stereocenters. The van der Waals surface area contributed by atoms with Gasteiger partial charge in [0.2, 0.25) is 0 Å². The monoisotopic (exact) mass is 315 g/mol. The van der Waals surface area contributed by atoms with Crippen molar-refractivity contribution in [3.05, 3.63) is 5.82 Å². The largest absolute Gasteiger partial charge is 0.481 e. The summed E-state index contributed by atoms with van der Waals surface area (Å²) in [7, 11) is 0. The number of aromatic nitrogens is 3. The van der Waals surface area contributed by atoms with Crippen LogP contribution in [0.3, 0.4) is 0 Å². The third-order valence-corrected chi connectivity index (χ3v) is 5.75. The Morgan fingerprint density at radius 1 is 1.40 bits per heavy atom. The minimum atomic E-state index is -0.812. The van der Waals surface area contributed by atoms with Gasteiger partial charge < -0.3 is 9.67 Å². The average Bonchev–Trinajstić information content (AvgIpc) is 3.02. The fourth-order valence-electron chi connectivity index (χ4n) is 2.72. The molecule has 5 nitrogen and oxygen atoms in total. The van der Waals surface area contributed by atoms with Crippen LogP contribution in [0.1, 0.15) is 45.0 Å². The Labute approximate surface area is 127 Å². The van der Waals surface area contributed by atoms with Crippen molar-refractivity contribution in [2.45, 2.75) is 56.0 Å². The number of carboxylic acid groups (broad SMARTS) is 1. The van der Waals surface area contributed by atoms with Crippen LogP contribution in [0.2, 0.25) is 0 Å². The molecule has 1 aromatic rings. The second-order valence-corrected chi connectivity index (χ2v) is 7.26. The van der Waals surface area contributed by atoms with E-state index in [0.29, 0.717) is 11.3 Å². The van der Waals surface area contributed by atoms with Gasteiger partial charge in [0.05, 0.1) is 5.75 Å². The Hall–Kier alpha value is -0.690. The lowest BCUT2D eigenvalue weighted by Gasteiger charge is -2.23. The molecule has 1 saturated carbocycles. The number of carboxylic acids is 1. The van der Waals surface area contributed by atoms with Crippen molar-refractivity contribution >= 4 is 29.5 Å². The molecule has 1 N–H and O–H groups in total. The summed E-state index contributed by atoms with van der Waals surface area (Å²) in [5, 5.41) is 18.7. The highest BCUT2D eigenvalue weighted by Crippen LogP contribution is 2.40. The second kappa shape index (κ2) is 7.36. The average molecular weight is 315 g/mol. The lowest BCUT2D eigenvalue weighted by atomic mass is 10.2. The van der Waals surface area contributed by atoms with E-state index >= 15 is 0 Å². The molecule has 0 radical (unpaired) electrons. The predicted octanol–water partition coefficient (Wildman–Crippen LogP) is 2.86. The summed E-state index contributed by atoms with van der Waals surface area (Å²) in [6, 6.07) is 0.418. The van der Waals surface area contributed by atoms with Crippen molar-refractivity contribution in [1.82, 2.24) is 14.8 Å². The number of aliphatic carboxylic acids is 1. The van der Waals surface area contributed by atoms with Gasteiger partial charge in [0.1, 0.15) is 5.82 Å². The number of carbonyl (C=O) groups is 1. The number of nitrogens with zero attached hydrogens (tertiary/aromatic N) is 3. The standard InChI is InChI=1S/C13H21N3O2S2/c1-3-11-14-15-13(20-8-12(17)18)16(11)9-6-5-7-10(9)19-4-2/h9-10H,3-8H2,1-2H3,(H,17,18). The Balaban J connectivity index is 2.23. The summed E-state index contributed by atoms with van der Waals surface area (Å²) in [5.41, 5.74) is 0. The summed E-state index contributed by atoms with van der Waals surface area (Å²) in [6.07, 6.45) is 4.43. The van der Waals surface area contributed by atoms with E-state index in [0.717, 1.165) is 29.6 Å². The molecule has 112 valence electrons. The van der Waals surface area contributed by atoms with Gasteiger partial charge in [0, 0.05) is 17.7 Å². The van der Waals surface area contributed by atoms with Gasteiger partial charge in [-0.1, -0.05) is 32.0 Å². The minimum Gasteiger partial charge on any atom is -0.481 e. The summed E-state index contributed by atoms with van der Waals surface area (Å²) < 4.78 is 2.20. The van der Waals surface area contributed by atoms with Gasteiger partial charge in [-0.3, -0.25) is 4.79 Å². The molecular formula is C13H21N3O2S2. The highest BCUT2D eigenvalue weighted by atomic mass is 32.2. The first-order valence-electron chi connectivity index (χ1n) is 7.07. The van der Waals surface area contributed by atoms with Crippen molar-refractivity contribution in [2.75, 3.05) is 11.5 Å². The van der Waals surface area contributed by atoms with Gasteiger partial charge in [-0.05, 0) is 18.6 Å². The van der Waals surface area contributed by atoms with Gasteiger partial charge in [-0.15, -0.1) is 10.2 Å². The zero-order chi connectivity index (χ0) is 14.5. The van der Waals surface area contributed by atoms with E-state index in [4.69, 9.17) is 5.11 Å². The maximum atomic E-state index is 10.8. The number of aryl methyl sites for hydroxylation is 1. The molecule has 0 aliphatic heterocycles. The summed E-state index contributed by atoms with van der Waals surface area (Å²) >= 11 is 3.27. The first-order valence-corrected chi connectivity index (χ1v) is 9.10. The molecule has 0 amide bonds. The maximum Gasteiger partial charge on any atom is 0.313 e. The molecule has 0 saturated heterocycles. The van der Waals surface area contributed by atoms with Gasteiger partial charge in [-0.2, -0.15) is 11.8 Å². The Morgan fingerprint density at radius 3 is 2.85 bits per heavy atom. The van der Waals surface area contributed by atoms with Crippen molar-refractivity contribution in [2.24, 2.45) is 0 Å². The van der Waals surface area contributed by atoms with E-state index in [1.165, 1.54) is 24.6 Å². The van der Waals surface area contributed by atoms with E-state index in [-0.39, 0.29) is 5.75 Å². The first kappa shape index (κ1) is 15.7. The topological polar surface area (TPSA) is 68.0 Å². The number of hydrogen-bond donors (Lipinski definition) is 1. The van der Waals surface area contributed by atoms with E-state index in [9.17, 15) is 4.79 Å². The molecule has 1 heterocycles. The normalized spacial score (nSPS) is 22.3. The molecule has 1 fully saturated rings. The molecule has 0 aromatic carbocycles. The maximum absolute atomic E-state index is 10.8. The molecule has 2 atom stereocenters. The fourth-order valence-corrected chi connectivity index (χ4v) is 4.69. The summed E-state index contributed by atoms with van der Waals surface area (Å²) in [6.45, 7) is 4.26. The predicted molar refractivity (Wildman–Crippen MR) is 82.6 cm³/mol. The van der Waals surface area contributed by atoms with Crippen LogP contribution < -0.4 is 0 Å². The first-order chi connectivity index (χ1) is 9.67. The Kier molecular flexibility index (Phi) is 5.77. The summed E-state index contributed by atoms with van der Waals surface area (Å²) in [4.78, 5) is 10.8. The van der Waals surface area contributed by atoms with E-state index < -0.39 is 5.97 Å². The van der Waals surface area contributed by atoms with Crippen LogP contribution in [-0.2, 0) is 11.2 Å². The van der Waals surface area contributed by atoms with Crippen LogP contribution >= 0.6 is 23.5 Å². The smallest absolute Gasteiger partial charge is 0.313 e. The number of rotatable bonds is 7. The fraction of sp³-hybridized carbons (Fsp3) is 0.769. The van der Waals surface area contributed by atoms with Gasteiger partial charge in [0.15, 0.2) is 5.16 Å².